The molecule has 0 atom stereocenters. The number of nitrogens with two attached hydrogens (primary N) is 2. The molecule has 0 aromatic carbocycles. The van der Waals surface area contributed by atoms with Crippen LogP contribution in [0.3, 0.4) is 0 Å². The first-order valence-corrected chi connectivity index (χ1v) is 4.71. The maximum atomic E-state index is 11.0. The van der Waals surface area contributed by atoms with Gasteiger partial charge in [0.15, 0.2) is 5.17 Å². The molecule has 0 saturated heterocycles. The van der Waals surface area contributed by atoms with Crippen LogP contribution in [0.4, 0.5) is 4.79 Å². The van der Waals surface area contributed by atoms with Crippen LogP contribution < -0.4 is 16.9 Å². The zero-order chi connectivity index (χ0) is 11.0. The number of amidine groups is 1. The van der Waals surface area contributed by atoms with Gasteiger partial charge in [0, 0.05) is 0 Å². The third kappa shape index (κ3) is 6.12. The van der Waals surface area contributed by atoms with Crippen LogP contribution in [0.25, 0.3) is 0 Å². The maximum absolute atomic E-state index is 11.0. The smallest absolute Gasteiger partial charge is 0.413 e. The van der Waals surface area contributed by atoms with E-state index in [1.807, 2.05) is 5.32 Å². The number of thioether (sulfide) groups is 1. The van der Waals surface area contributed by atoms with Gasteiger partial charge in [0.25, 0.3) is 0 Å². The van der Waals surface area contributed by atoms with Crippen molar-refractivity contribution in [2.75, 3.05) is 12.4 Å². The van der Waals surface area contributed by atoms with E-state index >= 15 is 0 Å². The Labute approximate surface area is 85.2 Å². The topological polar surface area (TPSA) is 120 Å². The van der Waals surface area contributed by atoms with Crippen LogP contribution in [0.5, 0.6) is 0 Å². The van der Waals surface area contributed by atoms with Crippen LogP contribution in [-0.4, -0.2) is 29.5 Å². The number of alkyl carbamates (subject to hydrolysis) is 1. The Morgan fingerprint density at radius 3 is 2.71 bits per heavy atom. The molecular formula is C6H12N4O3S. The van der Waals surface area contributed by atoms with Crippen molar-refractivity contribution >= 4 is 28.9 Å². The molecule has 8 heteroatoms. The summed E-state index contributed by atoms with van der Waals surface area (Å²) in [7, 11) is 0. The number of nitrogens with one attached hydrogen (secondary N) is 1. The number of carbonyl (C=O) groups is 2. The Hall–Kier alpha value is -1.44. The van der Waals surface area contributed by atoms with Crippen molar-refractivity contribution in [3.05, 3.63) is 0 Å². The highest BCUT2D eigenvalue weighted by Gasteiger charge is 2.08. The molecule has 0 radical (unpaired) electrons. The number of rotatable bonds is 3. The summed E-state index contributed by atoms with van der Waals surface area (Å²) in [5.74, 6) is 4.28. The molecule has 80 valence electrons. The minimum absolute atomic E-state index is 0.0364. The van der Waals surface area contributed by atoms with Gasteiger partial charge < -0.3 is 16.3 Å². The van der Waals surface area contributed by atoms with Gasteiger partial charge >= 0.3 is 6.09 Å². The zero-order valence-corrected chi connectivity index (χ0v) is 8.47. The Morgan fingerprint density at radius 1 is 1.57 bits per heavy atom. The first-order valence-electron chi connectivity index (χ1n) is 3.72. The summed E-state index contributed by atoms with van der Waals surface area (Å²) in [6.45, 7) is 1.84. The fraction of sp³-hybridized carbons (Fsp3) is 0.500. The second-order valence-corrected chi connectivity index (χ2v) is 3.02. The number of nitrogens with zero attached hydrogens (tertiary/aromatic N) is 1. The van der Waals surface area contributed by atoms with Gasteiger partial charge in [-0.15, -0.1) is 0 Å². The average Bonchev–Trinajstić information content (AvgIpc) is 2.14. The first kappa shape index (κ1) is 12.6. The van der Waals surface area contributed by atoms with Gasteiger partial charge in [-0.2, -0.15) is 5.10 Å². The highest BCUT2D eigenvalue weighted by atomic mass is 32.2. The Bertz CT molecular complexity index is 243. The van der Waals surface area contributed by atoms with Gasteiger partial charge in [-0.1, -0.05) is 11.8 Å². The number of ether oxygens (including phenoxy) is 1. The van der Waals surface area contributed by atoms with Crippen molar-refractivity contribution in [2.24, 2.45) is 16.7 Å². The SMILES string of the molecule is CCOC(=O)NC(=O)CSC(N)=NN. The van der Waals surface area contributed by atoms with E-state index in [0.717, 1.165) is 11.8 Å². The number of hydrogen-bond donors (Lipinski definition) is 3. The Morgan fingerprint density at radius 2 is 2.21 bits per heavy atom. The molecule has 0 saturated carbocycles. The van der Waals surface area contributed by atoms with E-state index in [1.165, 1.54) is 0 Å². The summed E-state index contributed by atoms with van der Waals surface area (Å²) >= 11 is 0.928. The van der Waals surface area contributed by atoms with Crippen molar-refractivity contribution < 1.29 is 14.3 Å². The third-order valence-electron chi connectivity index (χ3n) is 0.995. The van der Waals surface area contributed by atoms with E-state index in [2.05, 4.69) is 9.84 Å². The minimum Gasteiger partial charge on any atom is -0.450 e. The monoisotopic (exact) mass is 220 g/mol. The quantitative estimate of drug-likeness (QED) is 0.247. The van der Waals surface area contributed by atoms with E-state index in [-0.39, 0.29) is 17.5 Å². The van der Waals surface area contributed by atoms with Crippen molar-refractivity contribution in [3.63, 3.8) is 0 Å². The summed E-state index contributed by atoms with van der Waals surface area (Å²) in [5, 5.41) is 5.20. The molecule has 0 rings (SSSR count). The summed E-state index contributed by atoms with van der Waals surface area (Å²) in [6, 6.07) is 0. The largest absolute Gasteiger partial charge is 0.450 e. The predicted octanol–water partition coefficient (Wildman–Crippen LogP) is -0.819. The minimum atomic E-state index is -0.777. The molecular weight excluding hydrogens is 208 g/mol. The lowest BCUT2D eigenvalue weighted by Crippen LogP contribution is -2.33. The van der Waals surface area contributed by atoms with Crippen LogP contribution in [0.2, 0.25) is 0 Å². The van der Waals surface area contributed by atoms with Crippen molar-refractivity contribution in [3.8, 4) is 0 Å². The van der Waals surface area contributed by atoms with Crippen molar-refractivity contribution in [1.29, 1.82) is 0 Å². The summed E-state index contributed by atoms with van der Waals surface area (Å²) in [4.78, 5) is 21.7. The van der Waals surface area contributed by atoms with E-state index in [9.17, 15) is 9.59 Å². The van der Waals surface area contributed by atoms with Crippen LogP contribution in [-0.2, 0) is 9.53 Å². The molecule has 14 heavy (non-hydrogen) atoms. The zero-order valence-electron chi connectivity index (χ0n) is 7.65. The third-order valence-corrected chi connectivity index (χ3v) is 1.80. The highest BCUT2D eigenvalue weighted by molar-refractivity contribution is 8.14. The lowest BCUT2D eigenvalue weighted by molar-refractivity contribution is -0.117. The summed E-state index contributed by atoms with van der Waals surface area (Å²) < 4.78 is 4.48. The molecule has 0 fully saturated rings. The summed E-state index contributed by atoms with van der Waals surface area (Å²) in [6.07, 6.45) is -0.777. The van der Waals surface area contributed by atoms with Gasteiger partial charge in [0.2, 0.25) is 5.91 Å². The van der Waals surface area contributed by atoms with Crippen molar-refractivity contribution in [1.82, 2.24) is 5.32 Å². The normalized spacial score (nSPS) is 10.8. The molecule has 7 nitrogen and oxygen atoms in total. The van der Waals surface area contributed by atoms with Crippen LogP contribution in [0, 0.1) is 0 Å². The average molecular weight is 220 g/mol. The molecule has 5 N–H and O–H groups in total. The van der Waals surface area contributed by atoms with Crippen molar-refractivity contribution in [2.45, 2.75) is 6.92 Å². The van der Waals surface area contributed by atoms with Gasteiger partial charge in [-0.05, 0) is 6.92 Å². The molecule has 2 amide bonds. The van der Waals surface area contributed by atoms with E-state index in [4.69, 9.17) is 11.6 Å². The fourth-order valence-corrected chi connectivity index (χ4v) is 0.920. The maximum Gasteiger partial charge on any atom is 0.413 e. The summed E-state index contributed by atoms with van der Waals surface area (Å²) in [5.41, 5.74) is 5.20. The molecule has 0 aliphatic rings. The lowest BCUT2D eigenvalue weighted by atomic mass is 10.7. The first-order chi connectivity index (χ1) is 6.60. The van der Waals surface area contributed by atoms with Gasteiger partial charge in [0.1, 0.15) is 0 Å². The number of imide groups is 1. The molecule has 0 heterocycles. The van der Waals surface area contributed by atoms with Crippen LogP contribution in [0.1, 0.15) is 6.92 Å². The Kier molecular flexibility index (Phi) is 6.29. The standard InChI is InChI=1S/C6H12N4O3S/c1-2-13-6(12)9-4(11)3-14-5(7)10-8/h2-3,8H2,1H3,(H2,7,10)(H,9,11,12). The predicted molar refractivity (Wildman–Crippen MR) is 53.4 cm³/mol. The van der Waals surface area contributed by atoms with Gasteiger partial charge in [-0.25, -0.2) is 4.79 Å². The van der Waals surface area contributed by atoms with Crippen LogP contribution in [0.15, 0.2) is 5.10 Å². The second kappa shape index (κ2) is 7.01. The molecule has 0 bridgehead atoms. The molecule has 0 aliphatic heterocycles. The lowest BCUT2D eigenvalue weighted by Gasteiger charge is -2.02. The van der Waals surface area contributed by atoms with Gasteiger partial charge in [0.05, 0.1) is 12.4 Å². The van der Waals surface area contributed by atoms with E-state index < -0.39 is 12.0 Å². The van der Waals surface area contributed by atoms with E-state index in [1.54, 1.807) is 6.92 Å². The molecule has 0 spiro atoms. The second-order valence-electron chi connectivity index (χ2n) is 2.02. The Balaban J connectivity index is 3.71. The molecule has 0 aromatic rings. The number of amides is 2. The van der Waals surface area contributed by atoms with Crippen LogP contribution >= 0.6 is 11.8 Å². The van der Waals surface area contributed by atoms with E-state index in [0.29, 0.717) is 0 Å². The highest BCUT2D eigenvalue weighted by Crippen LogP contribution is 1.97. The number of hydrazone groups is 1. The number of carbonyl (C=O) groups excluding carboxylic acids is 2. The molecule has 0 unspecified atom stereocenters. The fourth-order valence-electron chi connectivity index (χ4n) is 0.494. The van der Waals surface area contributed by atoms with Gasteiger partial charge in [-0.3, -0.25) is 10.1 Å². The molecule has 0 aliphatic carbocycles. The number of hydrogen-bond acceptors (Lipinski definition) is 6. The molecule has 0 aromatic heterocycles.